The number of amides is 2. The maximum atomic E-state index is 12.5. The number of halogens is 3. The highest BCUT2D eigenvalue weighted by Gasteiger charge is 2.20. The lowest BCUT2D eigenvalue weighted by atomic mass is 10.1. The Morgan fingerprint density at radius 2 is 1.14 bits per heavy atom. The van der Waals surface area contributed by atoms with Gasteiger partial charge in [0.05, 0.1) is 54.8 Å². The zero-order valence-corrected chi connectivity index (χ0v) is 34.2. The van der Waals surface area contributed by atoms with Gasteiger partial charge < -0.3 is 15.4 Å². The quantitative estimate of drug-likeness (QED) is 0.133. The molecule has 4 aromatic carbocycles. The maximum Gasteiger partial charge on any atom is 0.240 e. The molecule has 302 valence electrons. The fourth-order valence-corrected chi connectivity index (χ4v) is 7.43. The molecular weight excluding hydrogens is 867 g/mol. The molecule has 0 aliphatic carbocycles. The van der Waals surface area contributed by atoms with Crippen molar-refractivity contribution in [1.82, 2.24) is 19.6 Å². The molecule has 2 aromatic heterocycles. The first kappa shape index (κ1) is 43.8. The first-order valence-corrected chi connectivity index (χ1v) is 20.7. The number of aromatic nitrogens is 4. The Bertz CT molecular complexity index is 2910. The van der Waals surface area contributed by atoms with Crippen LogP contribution in [0.4, 0.5) is 11.4 Å². The highest BCUT2D eigenvalue weighted by atomic mass is 35.5. The van der Waals surface area contributed by atoms with E-state index in [1.807, 2.05) is 12.1 Å². The first-order valence-electron chi connectivity index (χ1n) is 16.5. The molecule has 22 heteroatoms. The summed E-state index contributed by atoms with van der Waals surface area (Å²) in [7, 11) is -6.81. The van der Waals surface area contributed by atoms with Gasteiger partial charge in [0, 0.05) is 44.4 Å². The van der Waals surface area contributed by atoms with E-state index in [0.717, 1.165) is 0 Å². The number of anilines is 2. The molecule has 2 heterocycles. The van der Waals surface area contributed by atoms with Gasteiger partial charge in [-0.1, -0.05) is 34.8 Å². The van der Waals surface area contributed by atoms with Gasteiger partial charge in [-0.3, -0.25) is 9.59 Å². The molecule has 0 aliphatic rings. The molecule has 6 rings (SSSR count). The van der Waals surface area contributed by atoms with Crippen molar-refractivity contribution < 1.29 is 31.2 Å². The summed E-state index contributed by atoms with van der Waals surface area (Å²) in [6, 6.07) is 21.8. The Balaban J connectivity index is 0.000000224. The van der Waals surface area contributed by atoms with Crippen molar-refractivity contribution in [2.24, 2.45) is 10.3 Å². The molecule has 0 bridgehead atoms. The third-order valence-corrected chi connectivity index (χ3v) is 10.7. The summed E-state index contributed by atoms with van der Waals surface area (Å²) >= 11 is 18.0. The standard InChI is InChI=1S/C19H16ClN5O4S.C18H13Cl2N5O3S/c1-29-17-5-2-14(20)6-13(17)7-19(26)24-15-3-4-16(18(8-15)30(22,27)28)25-11-12(9-21)10-23-25;19-13-1-3-15(20)12(5-13)6-18(26)24-14-2-4-16(17(7-14)29(22,27)28)25-10-11(8-21)9-23-25/h2-6,8,10-11H,7H2,1H3,(H,24,26)(H2,22,27,28);1-5,7,9-10H,6H2,(H,24,26)(H2,22,27,28). The van der Waals surface area contributed by atoms with Crippen molar-refractivity contribution in [3.05, 3.63) is 135 Å². The topological polar surface area (TPSA) is 271 Å². The summed E-state index contributed by atoms with van der Waals surface area (Å²) in [5, 5.41) is 42.9. The average molecular weight is 896 g/mol. The number of nitrogens with zero attached hydrogens (tertiary/aromatic N) is 6. The van der Waals surface area contributed by atoms with Crippen LogP contribution in [-0.4, -0.2) is 55.3 Å². The second kappa shape index (κ2) is 18.5. The van der Waals surface area contributed by atoms with Crippen molar-refractivity contribution in [3.63, 3.8) is 0 Å². The van der Waals surface area contributed by atoms with E-state index in [1.54, 1.807) is 36.4 Å². The number of carbonyl (C=O) groups is 2. The summed E-state index contributed by atoms with van der Waals surface area (Å²) in [5.74, 6) is -0.329. The third-order valence-electron chi connectivity index (χ3n) is 7.97. The van der Waals surface area contributed by atoms with E-state index < -0.39 is 31.9 Å². The molecule has 2 amide bonds. The number of sulfonamides is 2. The van der Waals surface area contributed by atoms with E-state index in [0.29, 0.717) is 31.9 Å². The third kappa shape index (κ3) is 11.4. The second-order valence-corrected chi connectivity index (χ2v) is 16.5. The summed E-state index contributed by atoms with van der Waals surface area (Å²) in [6.45, 7) is 0. The highest BCUT2D eigenvalue weighted by Crippen LogP contribution is 2.27. The molecule has 0 spiro atoms. The molecular formula is C37H29Cl3N10O7S2. The van der Waals surface area contributed by atoms with Crippen molar-refractivity contribution >= 4 is 78.0 Å². The molecule has 0 atom stereocenters. The van der Waals surface area contributed by atoms with Gasteiger partial charge in [0.2, 0.25) is 31.9 Å². The molecule has 0 fully saturated rings. The van der Waals surface area contributed by atoms with Crippen molar-refractivity contribution in [1.29, 1.82) is 10.5 Å². The number of benzene rings is 4. The van der Waals surface area contributed by atoms with Crippen LogP contribution < -0.4 is 25.6 Å². The van der Waals surface area contributed by atoms with Crippen molar-refractivity contribution in [2.75, 3.05) is 17.7 Å². The van der Waals surface area contributed by atoms with E-state index >= 15 is 0 Å². The van der Waals surface area contributed by atoms with Gasteiger partial charge >= 0.3 is 0 Å². The van der Waals surface area contributed by atoms with Gasteiger partial charge in [-0.05, 0) is 78.4 Å². The zero-order chi connectivity index (χ0) is 43.1. The van der Waals surface area contributed by atoms with Gasteiger partial charge in [0.15, 0.2) is 0 Å². The number of nitrogens with two attached hydrogens (primary N) is 2. The zero-order valence-electron chi connectivity index (χ0n) is 30.3. The smallest absolute Gasteiger partial charge is 0.240 e. The summed E-state index contributed by atoms with van der Waals surface area (Å²) in [5.41, 5.74) is 2.34. The predicted molar refractivity (Wildman–Crippen MR) is 218 cm³/mol. The van der Waals surface area contributed by atoms with Gasteiger partial charge in [-0.25, -0.2) is 36.5 Å². The van der Waals surface area contributed by atoms with Gasteiger partial charge in [0.1, 0.15) is 27.7 Å². The highest BCUT2D eigenvalue weighted by molar-refractivity contribution is 7.89. The van der Waals surface area contributed by atoms with Gasteiger partial charge in [-0.15, -0.1) is 0 Å². The number of primary sulfonamides is 2. The monoisotopic (exact) mass is 894 g/mol. The number of hydrogen-bond acceptors (Lipinski definition) is 11. The number of methoxy groups -OCH3 is 1. The molecule has 0 radical (unpaired) electrons. The lowest BCUT2D eigenvalue weighted by Gasteiger charge is -2.12. The van der Waals surface area contributed by atoms with Crippen LogP contribution in [0.2, 0.25) is 15.1 Å². The van der Waals surface area contributed by atoms with E-state index in [-0.39, 0.29) is 56.5 Å². The fraction of sp³-hybridized carbons (Fsp3) is 0.0811. The Hall–Kier alpha value is -6.29. The van der Waals surface area contributed by atoms with Crippen LogP contribution in [0.5, 0.6) is 5.75 Å². The van der Waals surface area contributed by atoms with E-state index in [9.17, 15) is 26.4 Å². The van der Waals surface area contributed by atoms with E-state index in [4.69, 9.17) is 60.3 Å². The maximum absolute atomic E-state index is 12.5. The molecule has 0 saturated carbocycles. The fourth-order valence-electron chi connectivity index (χ4n) is 5.36. The Morgan fingerprint density at radius 1 is 0.695 bits per heavy atom. The van der Waals surface area contributed by atoms with Crippen LogP contribution in [0.3, 0.4) is 0 Å². The molecule has 17 nitrogen and oxygen atoms in total. The minimum Gasteiger partial charge on any atom is -0.496 e. The minimum atomic E-state index is -4.15. The van der Waals surface area contributed by atoms with Gasteiger partial charge in [-0.2, -0.15) is 20.7 Å². The molecule has 0 aliphatic heterocycles. The summed E-state index contributed by atoms with van der Waals surface area (Å²) < 4.78 is 55.9. The van der Waals surface area contributed by atoms with Crippen LogP contribution in [-0.2, 0) is 42.5 Å². The van der Waals surface area contributed by atoms with Crippen LogP contribution in [0.15, 0.2) is 107 Å². The normalized spacial score (nSPS) is 11.1. The average Bonchev–Trinajstić information content (AvgIpc) is 3.86. The lowest BCUT2D eigenvalue weighted by molar-refractivity contribution is -0.116. The van der Waals surface area contributed by atoms with Crippen LogP contribution in [0.25, 0.3) is 11.4 Å². The summed E-state index contributed by atoms with van der Waals surface area (Å²) in [4.78, 5) is 24.3. The lowest BCUT2D eigenvalue weighted by Crippen LogP contribution is -2.18. The van der Waals surface area contributed by atoms with Crippen LogP contribution in [0.1, 0.15) is 22.3 Å². The SMILES string of the molecule is COc1ccc(Cl)cc1CC(=O)Nc1ccc(-n2cc(C#N)cn2)c(S(N)(=O)=O)c1.N#Cc1cnn(-c2ccc(NC(=O)Cc3cc(Cl)ccc3Cl)cc2S(N)(=O)=O)c1. The van der Waals surface area contributed by atoms with Crippen LogP contribution in [0, 0.1) is 22.7 Å². The minimum absolute atomic E-state index is 0.0408. The number of rotatable bonds is 11. The molecule has 59 heavy (non-hydrogen) atoms. The number of nitrogens with one attached hydrogen (secondary N) is 2. The van der Waals surface area contributed by atoms with E-state index in [1.165, 1.54) is 77.7 Å². The largest absolute Gasteiger partial charge is 0.496 e. The molecule has 0 unspecified atom stereocenters. The van der Waals surface area contributed by atoms with Crippen molar-refractivity contribution in [3.8, 4) is 29.3 Å². The molecule has 0 saturated heterocycles. The van der Waals surface area contributed by atoms with Crippen molar-refractivity contribution in [2.45, 2.75) is 22.6 Å². The number of carbonyl (C=O) groups excluding carboxylic acids is 2. The number of ether oxygens (including phenoxy) is 1. The first-order chi connectivity index (χ1) is 27.9. The molecule has 6 aromatic rings. The molecule has 6 N–H and O–H groups in total. The summed E-state index contributed by atoms with van der Waals surface area (Å²) in [6.07, 6.45) is 5.22. The Labute approximate surface area is 352 Å². The Morgan fingerprint density at radius 3 is 1.56 bits per heavy atom. The number of nitriles is 2. The van der Waals surface area contributed by atoms with E-state index in [2.05, 4.69) is 20.8 Å². The van der Waals surface area contributed by atoms with Crippen LogP contribution >= 0.6 is 34.8 Å². The van der Waals surface area contributed by atoms with Gasteiger partial charge in [0.25, 0.3) is 0 Å². The number of hydrogen-bond donors (Lipinski definition) is 4. The Kier molecular flexibility index (Phi) is 13.8. The predicted octanol–water partition coefficient (Wildman–Crippen LogP) is 5.11. The second-order valence-electron chi connectivity index (χ2n) is 12.2.